The van der Waals surface area contributed by atoms with Crippen LogP contribution in [0.2, 0.25) is 0 Å². The summed E-state index contributed by atoms with van der Waals surface area (Å²) >= 11 is 0. The first-order valence-corrected chi connectivity index (χ1v) is 8.11. The molecule has 0 saturated carbocycles. The van der Waals surface area contributed by atoms with Gasteiger partial charge in [0.05, 0.1) is 6.20 Å². The number of nitrogens with zero attached hydrogens (tertiary/aromatic N) is 3. The molecular weight excluding hydrogens is 422 g/mol. The second-order valence-electron chi connectivity index (χ2n) is 5.09. The Labute approximate surface area is 180 Å². The zero-order valence-electron chi connectivity index (χ0n) is 15.8. The van der Waals surface area contributed by atoms with E-state index in [0.29, 0.717) is 11.4 Å². The molecule has 0 atom stereocenters. The van der Waals surface area contributed by atoms with E-state index >= 15 is 0 Å². The molecule has 156 valence electrons. The fourth-order valence-electron chi connectivity index (χ4n) is 2.19. The van der Waals surface area contributed by atoms with Crippen molar-refractivity contribution < 1.29 is 45.7 Å². The third-order valence-corrected chi connectivity index (χ3v) is 3.25. The number of rotatable bonds is 8. The first kappa shape index (κ1) is 31.2. The molecule has 0 saturated heterocycles. The van der Waals surface area contributed by atoms with Gasteiger partial charge in [0.1, 0.15) is 11.4 Å². The Morgan fingerprint density at radius 2 is 1.66 bits per heavy atom. The smallest absolute Gasteiger partial charge is 0 e. The molecule has 0 amide bonds. The molecule has 1 heterocycles. The van der Waals surface area contributed by atoms with Gasteiger partial charge in [0.25, 0.3) is 0 Å². The van der Waals surface area contributed by atoms with Gasteiger partial charge in [-0.25, -0.2) is 0 Å². The Morgan fingerprint density at radius 1 is 1.07 bits per heavy atom. The number of unbranched alkanes of at least 4 members (excludes halogenated alkanes) is 3. The number of aromatic nitrogens is 3. The predicted molar refractivity (Wildman–Crippen MR) is 94.1 cm³/mol. The van der Waals surface area contributed by atoms with Crippen LogP contribution in [0.4, 0.5) is 0 Å². The van der Waals surface area contributed by atoms with Crippen molar-refractivity contribution in [1.82, 2.24) is 15.0 Å². The summed E-state index contributed by atoms with van der Waals surface area (Å²) in [4.78, 5) is 11.1. The number of carbonyl (C=O) groups excluding carboxylic acids is 1. The topological polar surface area (TPSA) is 137 Å². The third kappa shape index (κ3) is 13.4. The summed E-state index contributed by atoms with van der Waals surface area (Å²) in [6.07, 6.45) is 5.77. The quantitative estimate of drug-likeness (QED) is 0.167. The van der Waals surface area contributed by atoms with Crippen LogP contribution >= 0.6 is 0 Å². The zero-order valence-corrected chi connectivity index (χ0v) is 16.9. The van der Waals surface area contributed by atoms with Crippen LogP contribution in [0.25, 0.3) is 11.3 Å². The van der Waals surface area contributed by atoms with Gasteiger partial charge < -0.3 is 9.84 Å². The molecule has 0 spiro atoms. The summed E-state index contributed by atoms with van der Waals surface area (Å²) in [7, 11) is 0. The van der Waals surface area contributed by atoms with E-state index in [9.17, 15) is 4.79 Å². The Hall–Kier alpha value is -2.47. The molecular formula is C19H21FeN3O6. The molecule has 0 radical (unpaired) electrons. The molecule has 1 N–H and O–H groups in total. The molecule has 0 bridgehead atoms. The van der Waals surface area contributed by atoms with Crippen molar-refractivity contribution in [2.24, 2.45) is 0 Å². The minimum absolute atomic E-state index is 0. The van der Waals surface area contributed by atoms with Gasteiger partial charge in [-0.3, -0.25) is 9.48 Å². The van der Waals surface area contributed by atoms with E-state index in [-0.39, 0.29) is 29.6 Å². The van der Waals surface area contributed by atoms with Crippen LogP contribution in [0.1, 0.15) is 32.6 Å². The van der Waals surface area contributed by atoms with Crippen LogP contribution in [0.5, 0.6) is 5.75 Å². The molecule has 0 aliphatic heterocycles. The van der Waals surface area contributed by atoms with E-state index in [1.54, 1.807) is 10.7 Å². The SMILES string of the molecule is CC(=O)Oc1ccccc1-c1cn(CCCCCCO)nn1.[C-]#[O+].[C-]#[O+].[C-]#[O+].[Fe]. The molecule has 29 heavy (non-hydrogen) atoms. The molecule has 1 aromatic heterocycles. The first-order chi connectivity index (χ1) is 13.7. The fourth-order valence-corrected chi connectivity index (χ4v) is 2.19. The number of aliphatic hydroxyl groups is 1. The molecule has 0 unspecified atom stereocenters. The van der Waals surface area contributed by atoms with Gasteiger partial charge in [0.2, 0.25) is 0 Å². The van der Waals surface area contributed by atoms with Crippen LogP contribution < -0.4 is 4.74 Å². The molecule has 2 aromatic rings. The van der Waals surface area contributed by atoms with E-state index in [0.717, 1.165) is 37.8 Å². The van der Waals surface area contributed by atoms with Crippen LogP contribution in [0, 0.1) is 20.0 Å². The molecule has 10 heteroatoms. The van der Waals surface area contributed by atoms with Crippen LogP contribution in [0.3, 0.4) is 0 Å². The van der Waals surface area contributed by atoms with Gasteiger partial charge in [-0.15, -0.1) is 5.10 Å². The summed E-state index contributed by atoms with van der Waals surface area (Å²) in [5, 5.41) is 17.0. The molecule has 0 fully saturated rings. The second kappa shape index (κ2) is 21.8. The number of para-hydroxylation sites is 1. The van der Waals surface area contributed by atoms with Gasteiger partial charge in [0.15, 0.2) is 0 Å². The molecule has 0 aliphatic carbocycles. The number of hydrogen-bond acceptors (Lipinski definition) is 5. The Bertz CT molecular complexity index is 729. The maximum Gasteiger partial charge on any atom is 0 e. The van der Waals surface area contributed by atoms with Gasteiger partial charge in [-0.2, -0.15) is 0 Å². The zero-order chi connectivity index (χ0) is 21.8. The van der Waals surface area contributed by atoms with E-state index in [4.69, 9.17) is 23.8 Å². The maximum atomic E-state index is 11.1. The van der Waals surface area contributed by atoms with E-state index in [1.807, 2.05) is 24.4 Å². The van der Waals surface area contributed by atoms with E-state index in [2.05, 4.69) is 30.3 Å². The van der Waals surface area contributed by atoms with Crippen LogP contribution in [-0.2, 0) is 42.4 Å². The standard InChI is InChI=1S/C16H21N3O3.3CO.Fe/c1-13(21)22-16-9-5-4-8-14(16)15-12-19(18-17-15)10-6-2-3-7-11-20;3*1-2;/h4-5,8-9,12,20H,2-3,6-7,10-11H2,1H3;;;;. The number of aryl methyl sites for hydroxylation is 1. The van der Waals surface area contributed by atoms with Gasteiger partial charge in [-0.05, 0) is 25.0 Å². The molecule has 0 aliphatic rings. The first-order valence-electron chi connectivity index (χ1n) is 8.11. The summed E-state index contributed by atoms with van der Waals surface area (Å²) in [6, 6.07) is 7.28. The van der Waals surface area contributed by atoms with Crippen molar-refractivity contribution in [3.8, 4) is 17.0 Å². The van der Waals surface area contributed by atoms with Gasteiger partial charge in [-0.1, -0.05) is 30.2 Å². The van der Waals surface area contributed by atoms with Crippen molar-refractivity contribution in [3.05, 3.63) is 50.4 Å². The number of hydrogen-bond donors (Lipinski definition) is 1. The predicted octanol–water partition coefficient (Wildman–Crippen LogP) is 2.31. The summed E-state index contributed by atoms with van der Waals surface area (Å²) < 4.78 is 29.5. The summed E-state index contributed by atoms with van der Waals surface area (Å²) in [5.74, 6) is 0.133. The average molecular weight is 443 g/mol. The summed E-state index contributed by atoms with van der Waals surface area (Å²) in [6.45, 7) is 15.9. The number of carbonyl (C=O) groups is 1. The average Bonchev–Trinajstić information content (AvgIpc) is 3.21. The largest absolute Gasteiger partial charge is 0 e. The normalized spacial score (nSPS) is 8.28. The molecule has 1 aromatic carbocycles. The Balaban J connectivity index is -0.000000883. The Kier molecular flexibility index (Phi) is 23.5. The maximum absolute atomic E-state index is 11.1. The van der Waals surface area contributed by atoms with Crippen LogP contribution in [-0.4, -0.2) is 32.7 Å². The third-order valence-electron chi connectivity index (χ3n) is 3.25. The van der Waals surface area contributed by atoms with Crippen molar-refractivity contribution >= 4 is 5.97 Å². The van der Waals surface area contributed by atoms with Gasteiger partial charge in [0, 0.05) is 42.7 Å². The minimum atomic E-state index is -0.358. The van der Waals surface area contributed by atoms with Crippen LogP contribution in [0.15, 0.2) is 30.5 Å². The monoisotopic (exact) mass is 443 g/mol. The number of esters is 1. The van der Waals surface area contributed by atoms with Crippen molar-refractivity contribution in [3.63, 3.8) is 0 Å². The van der Waals surface area contributed by atoms with Gasteiger partial charge >= 0.3 is 39.9 Å². The van der Waals surface area contributed by atoms with Crippen molar-refractivity contribution in [2.75, 3.05) is 6.61 Å². The summed E-state index contributed by atoms with van der Waals surface area (Å²) in [5.41, 5.74) is 1.44. The molecule has 9 nitrogen and oxygen atoms in total. The van der Waals surface area contributed by atoms with E-state index < -0.39 is 0 Å². The van der Waals surface area contributed by atoms with E-state index in [1.165, 1.54) is 6.92 Å². The van der Waals surface area contributed by atoms with Crippen molar-refractivity contribution in [1.29, 1.82) is 0 Å². The Morgan fingerprint density at radius 3 is 2.24 bits per heavy atom. The minimum Gasteiger partial charge on any atom is 0 e. The number of aliphatic hydroxyl groups excluding tert-OH is 1. The number of benzene rings is 1. The fraction of sp³-hybridized carbons (Fsp3) is 0.368. The second-order valence-corrected chi connectivity index (χ2v) is 5.09. The molecule has 2 rings (SSSR count). The van der Waals surface area contributed by atoms with Crippen molar-refractivity contribution in [2.45, 2.75) is 39.2 Å². The number of ether oxygens (including phenoxy) is 1.